The van der Waals surface area contributed by atoms with Crippen molar-refractivity contribution in [2.75, 3.05) is 46.0 Å². The monoisotopic (exact) mass is 456 g/mol. The highest BCUT2D eigenvalue weighted by atomic mass is 35.5. The van der Waals surface area contributed by atoms with Gasteiger partial charge in [0.2, 0.25) is 5.91 Å². The van der Waals surface area contributed by atoms with Gasteiger partial charge in [-0.15, -0.1) is 0 Å². The van der Waals surface area contributed by atoms with E-state index in [4.69, 9.17) is 21.1 Å². The molecule has 0 aliphatic carbocycles. The highest BCUT2D eigenvalue weighted by Gasteiger charge is 2.41. The summed E-state index contributed by atoms with van der Waals surface area (Å²) in [7, 11) is 0. The van der Waals surface area contributed by atoms with E-state index in [1.54, 1.807) is 12.1 Å². The second-order valence-electron chi connectivity index (χ2n) is 8.61. The summed E-state index contributed by atoms with van der Waals surface area (Å²) in [6.07, 6.45) is 2.01. The van der Waals surface area contributed by atoms with E-state index in [0.29, 0.717) is 68.8 Å². The third-order valence-corrected chi connectivity index (χ3v) is 6.47. The molecule has 0 spiro atoms. The third kappa shape index (κ3) is 5.61. The number of rotatable bonds is 6. The first-order valence-electron chi connectivity index (χ1n) is 11.1. The number of benzene rings is 2. The molecule has 0 unspecified atom stereocenters. The van der Waals surface area contributed by atoms with Crippen molar-refractivity contribution in [1.82, 2.24) is 9.80 Å². The van der Waals surface area contributed by atoms with Gasteiger partial charge in [0.05, 0.1) is 19.8 Å². The molecule has 6 nitrogen and oxygen atoms in total. The Kier molecular flexibility index (Phi) is 7.33. The summed E-state index contributed by atoms with van der Waals surface area (Å²) in [6, 6.07) is 16.5. The number of carbonyl (C=O) groups excluding carboxylic acids is 2. The van der Waals surface area contributed by atoms with Gasteiger partial charge in [-0.05, 0) is 49.2 Å². The first-order valence-corrected chi connectivity index (χ1v) is 11.5. The van der Waals surface area contributed by atoms with E-state index in [-0.39, 0.29) is 11.8 Å². The molecule has 2 aromatic carbocycles. The SMILES string of the molecule is O=C(C[C@@]1(COc2ccc(Cl)cc2)CCCN(C(=O)c2ccccc2)C1)N1CCOCC1. The summed E-state index contributed by atoms with van der Waals surface area (Å²) >= 11 is 5.99. The van der Waals surface area contributed by atoms with Crippen LogP contribution >= 0.6 is 11.6 Å². The van der Waals surface area contributed by atoms with Gasteiger partial charge in [0, 0.05) is 48.6 Å². The number of nitrogens with zero attached hydrogens (tertiary/aromatic N) is 2. The minimum absolute atomic E-state index is 0.00000980. The molecule has 170 valence electrons. The molecule has 2 aromatic rings. The fourth-order valence-corrected chi connectivity index (χ4v) is 4.60. The van der Waals surface area contributed by atoms with Gasteiger partial charge in [-0.3, -0.25) is 9.59 Å². The van der Waals surface area contributed by atoms with E-state index in [1.165, 1.54) is 0 Å². The second-order valence-corrected chi connectivity index (χ2v) is 9.05. The number of ether oxygens (including phenoxy) is 2. The standard InChI is InChI=1S/C25H29ClN2O4/c26-21-7-9-22(10-8-21)32-19-25(17-23(29)27-13-15-31-16-14-27)11-4-12-28(18-25)24(30)20-5-2-1-3-6-20/h1-3,5-10H,4,11-19H2/t25-/m0/s1. The van der Waals surface area contributed by atoms with Gasteiger partial charge < -0.3 is 19.3 Å². The molecule has 2 aliphatic rings. The van der Waals surface area contributed by atoms with Crippen LogP contribution in [0.4, 0.5) is 0 Å². The van der Waals surface area contributed by atoms with Crippen molar-refractivity contribution >= 4 is 23.4 Å². The molecule has 0 bridgehead atoms. The minimum Gasteiger partial charge on any atom is -0.493 e. The average molecular weight is 457 g/mol. The lowest BCUT2D eigenvalue weighted by Gasteiger charge is -2.43. The molecule has 0 N–H and O–H groups in total. The Hall–Kier alpha value is -2.57. The minimum atomic E-state index is -0.447. The maximum absolute atomic E-state index is 13.2. The maximum atomic E-state index is 13.2. The summed E-state index contributed by atoms with van der Waals surface area (Å²) in [5.74, 6) is 0.807. The smallest absolute Gasteiger partial charge is 0.253 e. The zero-order chi connectivity index (χ0) is 22.4. The average Bonchev–Trinajstić information content (AvgIpc) is 2.84. The number of likely N-dealkylation sites (tertiary alicyclic amines) is 1. The first-order chi connectivity index (χ1) is 15.5. The molecule has 4 rings (SSSR count). The summed E-state index contributed by atoms with van der Waals surface area (Å²) in [5.41, 5.74) is 0.221. The van der Waals surface area contributed by atoms with Crippen molar-refractivity contribution in [3.63, 3.8) is 0 Å². The molecule has 32 heavy (non-hydrogen) atoms. The van der Waals surface area contributed by atoms with Crippen LogP contribution in [-0.4, -0.2) is 67.6 Å². The second kappa shape index (κ2) is 10.4. The van der Waals surface area contributed by atoms with Crippen LogP contribution in [0.3, 0.4) is 0 Å². The lowest BCUT2D eigenvalue weighted by Crippen LogP contribution is -2.52. The van der Waals surface area contributed by atoms with Crippen molar-refractivity contribution in [3.8, 4) is 5.75 Å². The van der Waals surface area contributed by atoms with Crippen molar-refractivity contribution in [1.29, 1.82) is 0 Å². The number of piperidine rings is 1. The number of carbonyl (C=O) groups is 2. The van der Waals surface area contributed by atoms with E-state index in [2.05, 4.69) is 0 Å². The van der Waals surface area contributed by atoms with Crippen LogP contribution < -0.4 is 4.74 Å². The van der Waals surface area contributed by atoms with Crippen molar-refractivity contribution in [3.05, 3.63) is 65.2 Å². The Labute approximate surface area is 194 Å². The molecule has 7 heteroatoms. The van der Waals surface area contributed by atoms with Crippen LogP contribution in [-0.2, 0) is 9.53 Å². The summed E-state index contributed by atoms with van der Waals surface area (Å²) < 4.78 is 11.5. The molecule has 2 amide bonds. The third-order valence-electron chi connectivity index (χ3n) is 6.22. The van der Waals surface area contributed by atoms with Crippen molar-refractivity contribution in [2.24, 2.45) is 5.41 Å². The molecule has 2 heterocycles. The number of hydrogen-bond acceptors (Lipinski definition) is 4. The van der Waals surface area contributed by atoms with Crippen molar-refractivity contribution < 1.29 is 19.1 Å². The van der Waals surface area contributed by atoms with Crippen LogP contribution in [0.2, 0.25) is 5.02 Å². The van der Waals surface area contributed by atoms with Crippen LogP contribution in [0.25, 0.3) is 0 Å². The highest BCUT2D eigenvalue weighted by Crippen LogP contribution is 2.36. The molecule has 0 radical (unpaired) electrons. The van der Waals surface area contributed by atoms with Gasteiger partial charge in [-0.1, -0.05) is 29.8 Å². The van der Waals surface area contributed by atoms with Crippen molar-refractivity contribution in [2.45, 2.75) is 19.3 Å². The highest BCUT2D eigenvalue weighted by molar-refractivity contribution is 6.30. The van der Waals surface area contributed by atoms with Gasteiger partial charge in [0.1, 0.15) is 5.75 Å². The van der Waals surface area contributed by atoms with Crippen LogP contribution in [0.5, 0.6) is 5.75 Å². The van der Waals surface area contributed by atoms with E-state index >= 15 is 0 Å². The van der Waals surface area contributed by atoms with Crippen LogP contribution in [0, 0.1) is 5.41 Å². The molecule has 0 saturated carbocycles. The zero-order valence-electron chi connectivity index (χ0n) is 18.2. The number of morpholine rings is 1. The Balaban J connectivity index is 1.52. The van der Waals surface area contributed by atoms with Gasteiger partial charge in [-0.2, -0.15) is 0 Å². The largest absolute Gasteiger partial charge is 0.493 e. The Morgan fingerprint density at radius 3 is 2.41 bits per heavy atom. The molecule has 2 aliphatic heterocycles. The van der Waals surface area contributed by atoms with Crippen LogP contribution in [0.1, 0.15) is 29.6 Å². The normalized spacial score (nSPS) is 21.3. The van der Waals surface area contributed by atoms with Gasteiger partial charge in [0.25, 0.3) is 5.91 Å². The number of halogens is 1. The summed E-state index contributed by atoms with van der Waals surface area (Å²) in [5, 5.41) is 0.645. The first kappa shape index (κ1) is 22.6. The lowest BCUT2D eigenvalue weighted by molar-refractivity contribution is -0.139. The lowest BCUT2D eigenvalue weighted by atomic mass is 9.77. The van der Waals surface area contributed by atoms with E-state index in [9.17, 15) is 9.59 Å². The zero-order valence-corrected chi connectivity index (χ0v) is 18.9. The van der Waals surface area contributed by atoms with Gasteiger partial charge in [0.15, 0.2) is 0 Å². The summed E-state index contributed by atoms with van der Waals surface area (Å²) in [6.45, 7) is 3.90. The number of amides is 2. The fourth-order valence-electron chi connectivity index (χ4n) is 4.47. The maximum Gasteiger partial charge on any atom is 0.253 e. The summed E-state index contributed by atoms with van der Waals surface area (Å²) in [4.78, 5) is 30.1. The molecule has 2 saturated heterocycles. The Bertz CT molecular complexity index is 915. The molecule has 2 fully saturated rings. The fraction of sp³-hybridized carbons (Fsp3) is 0.440. The van der Waals surface area contributed by atoms with E-state index < -0.39 is 5.41 Å². The topological polar surface area (TPSA) is 59.1 Å². The molecular formula is C25H29ClN2O4. The van der Waals surface area contributed by atoms with Gasteiger partial charge >= 0.3 is 0 Å². The molecular weight excluding hydrogens is 428 g/mol. The molecule has 1 atom stereocenters. The predicted octanol–water partition coefficient (Wildman–Crippen LogP) is 3.89. The Morgan fingerprint density at radius 2 is 1.69 bits per heavy atom. The van der Waals surface area contributed by atoms with Gasteiger partial charge in [-0.25, -0.2) is 0 Å². The van der Waals surface area contributed by atoms with E-state index in [0.717, 1.165) is 12.8 Å². The van der Waals surface area contributed by atoms with E-state index in [1.807, 2.05) is 52.3 Å². The van der Waals surface area contributed by atoms with Crippen LogP contribution in [0.15, 0.2) is 54.6 Å². The Morgan fingerprint density at radius 1 is 0.969 bits per heavy atom. The quantitative estimate of drug-likeness (QED) is 0.661. The molecule has 0 aromatic heterocycles. The number of hydrogen-bond donors (Lipinski definition) is 0. The predicted molar refractivity (Wildman–Crippen MR) is 123 cm³/mol.